The maximum atomic E-state index is 12.8. The maximum Gasteiger partial charge on any atom is 0.417 e. The highest BCUT2D eigenvalue weighted by atomic mass is 79.9. The lowest BCUT2D eigenvalue weighted by atomic mass is 10.1. The molecular weight excluding hydrogens is 371 g/mol. The molecule has 2 rings (SSSR count). The predicted octanol–water partition coefficient (Wildman–Crippen LogP) is 4.13. The SMILES string of the molecule is CCc1nnc(NC(=O)c2ccc(Br)c(C(F)(F)F)c2)s1. The number of aromatic nitrogens is 2. The zero-order valence-electron chi connectivity index (χ0n) is 10.7. The highest BCUT2D eigenvalue weighted by Gasteiger charge is 2.33. The van der Waals surface area contributed by atoms with E-state index in [0.29, 0.717) is 6.42 Å². The van der Waals surface area contributed by atoms with E-state index in [9.17, 15) is 18.0 Å². The highest BCUT2D eigenvalue weighted by molar-refractivity contribution is 9.10. The molecule has 0 radical (unpaired) electrons. The van der Waals surface area contributed by atoms with E-state index in [1.807, 2.05) is 6.92 Å². The van der Waals surface area contributed by atoms with E-state index in [0.717, 1.165) is 11.1 Å². The number of amides is 1. The largest absolute Gasteiger partial charge is 0.417 e. The molecule has 0 saturated heterocycles. The molecule has 9 heteroatoms. The zero-order chi connectivity index (χ0) is 15.6. The van der Waals surface area contributed by atoms with Gasteiger partial charge in [0.05, 0.1) is 5.56 Å². The minimum atomic E-state index is -4.53. The summed E-state index contributed by atoms with van der Waals surface area (Å²) in [5.74, 6) is -0.660. The summed E-state index contributed by atoms with van der Waals surface area (Å²) in [4.78, 5) is 11.9. The summed E-state index contributed by atoms with van der Waals surface area (Å²) in [7, 11) is 0. The lowest BCUT2D eigenvalue weighted by Crippen LogP contribution is -2.14. The fourth-order valence-corrected chi connectivity index (χ4v) is 2.65. The number of nitrogens with one attached hydrogen (secondary N) is 1. The first-order valence-electron chi connectivity index (χ1n) is 5.81. The first kappa shape index (κ1) is 15.9. The molecule has 1 amide bonds. The van der Waals surface area contributed by atoms with Crippen molar-refractivity contribution in [3.63, 3.8) is 0 Å². The molecule has 0 aliphatic carbocycles. The van der Waals surface area contributed by atoms with Crippen molar-refractivity contribution in [3.8, 4) is 0 Å². The van der Waals surface area contributed by atoms with E-state index in [1.165, 1.54) is 23.5 Å². The van der Waals surface area contributed by atoms with Gasteiger partial charge in [0, 0.05) is 10.0 Å². The lowest BCUT2D eigenvalue weighted by Gasteiger charge is -2.10. The number of carbonyl (C=O) groups is 1. The second kappa shape index (κ2) is 6.10. The Kier molecular flexibility index (Phi) is 4.62. The van der Waals surface area contributed by atoms with Gasteiger partial charge in [-0.2, -0.15) is 13.2 Å². The van der Waals surface area contributed by atoms with Gasteiger partial charge in [0.2, 0.25) is 5.13 Å². The average Bonchev–Trinajstić information content (AvgIpc) is 2.85. The Morgan fingerprint density at radius 2 is 2.10 bits per heavy atom. The van der Waals surface area contributed by atoms with Gasteiger partial charge in [0.15, 0.2) is 0 Å². The first-order valence-corrected chi connectivity index (χ1v) is 7.42. The molecule has 4 nitrogen and oxygen atoms in total. The number of anilines is 1. The standard InChI is InChI=1S/C12H9BrF3N3OS/c1-2-9-18-19-11(21-9)17-10(20)6-3-4-8(13)7(5-6)12(14,15)16/h3-5H,2H2,1H3,(H,17,19,20). The molecule has 1 aromatic heterocycles. The number of rotatable bonds is 3. The van der Waals surface area contributed by atoms with Crippen molar-refractivity contribution in [2.24, 2.45) is 0 Å². The molecule has 0 atom stereocenters. The fourth-order valence-electron chi connectivity index (χ4n) is 1.50. The Balaban J connectivity index is 2.23. The van der Waals surface area contributed by atoms with Crippen LogP contribution in [-0.2, 0) is 12.6 Å². The summed E-state index contributed by atoms with van der Waals surface area (Å²) in [6.45, 7) is 1.89. The van der Waals surface area contributed by atoms with Crippen LogP contribution in [0, 0.1) is 0 Å². The van der Waals surface area contributed by atoms with Gasteiger partial charge in [-0.1, -0.05) is 34.2 Å². The number of carbonyl (C=O) groups excluding carboxylic acids is 1. The van der Waals surface area contributed by atoms with Gasteiger partial charge in [-0.05, 0) is 24.6 Å². The number of alkyl halides is 3. The summed E-state index contributed by atoms with van der Waals surface area (Å²) >= 11 is 4.01. The molecule has 0 bridgehead atoms. The highest BCUT2D eigenvalue weighted by Crippen LogP contribution is 2.35. The van der Waals surface area contributed by atoms with Gasteiger partial charge >= 0.3 is 6.18 Å². The Hall–Kier alpha value is -1.48. The van der Waals surface area contributed by atoms with E-state index in [-0.39, 0.29) is 15.2 Å². The second-order valence-corrected chi connectivity index (χ2v) is 5.92. The van der Waals surface area contributed by atoms with Crippen LogP contribution >= 0.6 is 27.3 Å². The molecular formula is C12H9BrF3N3OS. The normalized spacial score (nSPS) is 11.5. The predicted molar refractivity (Wildman–Crippen MR) is 76.4 cm³/mol. The first-order chi connectivity index (χ1) is 9.81. The summed E-state index contributed by atoms with van der Waals surface area (Å²) < 4.78 is 38.2. The lowest BCUT2D eigenvalue weighted by molar-refractivity contribution is -0.138. The van der Waals surface area contributed by atoms with Crippen molar-refractivity contribution in [2.75, 3.05) is 5.32 Å². The molecule has 0 spiro atoms. The van der Waals surface area contributed by atoms with Crippen LogP contribution in [0.15, 0.2) is 22.7 Å². The minimum Gasteiger partial charge on any atom is -0.296 e. The van der Waals surface area contributed by atoms with Gasteiger partial charge in [-0.25, -0.2) is 0 Å². The minimum absolute atomic E-state index is 0.0984. The summed E-state index contributed by atoms with van der Waals surface area (Å²) in [5.41, 5.74) is -1.000. The van der Waals surface area contributed by atoms with Crippen molar-refractivity contribution in [3.05, 3.63) is 38.8 Å². The van der Waals surface area contributed by atoms with Gasteiger partial charge in [-0.15, -0.1) is 10.2 Å². The molecule has 21 heavy (non-hydrogen) atoms. The molecule has 112 valence electrons. The van der Waals surface area contributed by atoms with E-state index >= 15 is 0 Å². The monoisotopic (exact) mass is 379 g/mol. The number of aryl methyl sites for hydroxylation is 1. The quantitative estimate of drug-likeness (QED) is 0.871. The molecule has 1 aromatic carbocycles. The third-order valence-corrected chi connectivity index (χ3v) is 4.20. The average molecular weight is 380 g/mol. The van der Waals surface area contributed by atoms with Crippen molar-refractivity contribution in [2.45, 2.75) is 19.5 Å². The van der Waals surface area contributed by atoms with Crippen LogP contribution in [0.5, 0.6) is 0 Å². The second-order valence-electron chi connectivity index (χ2n) is 4.00. The third-order valence-electron chi connectivity index (χ3n) is 2.52. The van der Waals surface area contributed by atoms with Crippen LogP contribution in [0.4, 0.5) is 18.3 Å². The van der Waals surface area contributed by atoms with Gasteiger partial charge in [0.1, 0.15) is 5.01 Å². The summed E-state index contributed by atoms with van der Waals surface area (Å²) in [5, 5.41) is 11.0. The van der Waals surface area contributed by atoms with Crippen molar-refractivity contribution < 1.29 is 18.0 Å². The van der Waals surface area contributed by atoms with E-state index in [2.05, 4.69) is 31.4 Å². The van der Waals surface area contributed by atoms with Gasteiger partial charge < -0.3 is 0 Å². The van der Waals surface area contributed by atoms with Gasteiger partial charge in [-0.3, -0.25) is 10.1 Å². The number of hydrogen-bond acceptors (Lipinski definition) is 4. The molecule has 0 unspecified atom stereocenters. The molecule has 1 heterocycles. The van der Waals surface area contributed by atoms with Gasteiger partial charge in [0.25, 0.3) is 5.91 Å². The summed E-state index contributed by atoms with van der Waals surface area (Å²) in [6.07, 6.45) is -3.86. The maximum absolute atomic E-state index is 12.8. The van der Waals surface area contributed by atoms with Crippen LogP contribution < -0.4 is 5.32 Å². The van der Waals surface area contributed by atoms with Crippen LogP contribution in [0.1, 0.15) is 27.9 Å². The smallest absolute Gasteiger partial charge is 0.296 e. The van der Waals surface area contributed by atoms with Crippen molar-refractivity contribution in [1.29, 1.82) is 0 Å². The number of benzene rings is 1. The van der Waals surface area contributed by atoms with Crippen LogP contribution in [-0.4, -0.2) is 16.1 Å². The Bertz CT molecular complexity index is 672. The summed E-state index contributed by atoms with van der Waals surface area (Å²) in [6, 6.07) is 3.28. The Morgan fingerprint density at radius 1 is 1.38 bits per heavy atom. The molecule has 1 N–H and O–H groups in total. The molecule has 0 saturated carbocycles. The van der Waals surface area contributed by atoms with Crippen LogP contribution in [0.2, 0.25) is 0 Å². The van der Waals surface area contributed by atoms with E-state index < -0.39 is 17.6 Å². The molecule has 0 aliphatic heterocycles. The molecule has 2 aromatic rings. The molecule has 0 fully saturated rings. The number of halogens is 4. The number of hydrogen-bond donors (Lipinski definition) is 1. The Morgan fingerprint density at radius 3 is 2.67 bits per heavy atom. The van der Waals surface area contributed by atoms with Crippen LogP contribution in [0.25, 0.3) is 0 Å². The fraction of sp³-hybridized carbons (Fsp3) is 0.250. The van der Waals surface area contributed by atoms with Crippen molar-refractivity contribution in [1.82, 2.24) is 10.2 Å². The topological polar surface area (TPSA) is 54.9 Å². The van der Waals surface area contributed by atoms with Crippen LogP contribution in [0.3, 0.4) is 0 Å². The zero-order valence-corrected chi connectivity index (χ0v) is 13.1. The van der Waals surface area contributed by atoms with Crippen molar-refractivity contribution >= 4 is 38.3 Å². The molecule has 0 aliphatic rings. The van der Waals surface area contributed by atoms with E-state index in [4.69, 9.17) is 0 Å². The van der Waals surface area contributed by atoms with E-state index in [1.54, 1.807) is 0 Å². The number of nitrogens with zero attached hydrogens (tertiary/aromatic N) is 2. The Labute approximate surface area is 130 Å². The third kappa shape index (κ3) is 3.79.